The van der Waals surface area contributed by atoms with Crippen LogP contribution in [0.2, 0.25) is 0 Å². The molecular formula is C17H25N3O4. The maximum atomic E-state index is 10.7. The number of carbonyl (C=O) groups is 2. The first-order valence-corrected chi connectivity index (χ1v) is 7.79. The molecule has 0 saturated carbocycles. The Labute approximate surface area is 140 Å². The zero-order valence-electron chi connectivity index (χ0n) is 14.0. The second-order valence-corrected chi connectivity index (χ2v) is 5.75. The molecule has 1 heterocycles. The number of aromatic amines is 1. The van der Waals surface area contributed by atoms with E-state index in [9.17, 15) is 9.59 Å². The first kappa shape index (κ1) is 19.7. The van der Waals surface area contributed by atoms with Gasteiger partial charge in [0.15, 0.2) is 0 Å². The molecule has 1 aromatic carbocycles. The van der Waals surface area contributed by atoms with E-state index < -0.39 is 24.0 Å². The van der Waals surface area contributed by atoms with Crippen LogP contribution < -0.4 is 11.5 Å². The lowest BCUT2D eigenvalue weighted by molar-refractivity contribution is -0.139. The van der Waals surface area contributed by atoms with Crippen LogP contribution in [0, 0.1) is 6.92 Å². The van der Waals surface area contributed by atoms with Crippen molar-refractivity contribution >= 4 is 22.8 Å². The number of hydrogen-bond donors (Lipinski definition) is 5. The van der Waals surface area contributed by atoms with Crippen LogP contribution in [0.3, 0.4) is 0 Å². The predicted molar refractivity (Wildman–Crippen MR) is 92.9 cm³/mol. The van der Waals surface area contributed by atoms with Gasteiger partial charge in [-0.3, -0.25) is 9.59 Å². The summed E-state index contributed by atoms with van der Waals surface area (Å²) in [4.78, 5) is 23.8. The lowest BCUT2D eigenvalue weighted by Crippen LogP contribution is -2.32. The number of fused-ring (bicyclic) bond motifs is 1. The van der Waals surface area contributed by atoms with Crippen molar-refractivity contribution in [2.45, 2.75) is 45.2 Å². The van der Waals surface area contributed by atoms with Gasteiger partial charge >= 0.3 is 11.9 Å². The summed E-state index contributed by atoms with van der Waals surface area (Å²) in [6, 6.07) is 4.52. The number of aromatic nitrogens is 1. The molecule has 0 amide bonds. The van der Waals surface area contributed by atoms with Crippen LogP contribution in [0.15, 0.2) is 24.4 Å². The number of rotatable bonds is 6. The van der Waals surface area contributed by atoms with E-state index in [1.54, 1.807) is 0 Å². The molecule has 0 radical (unpaired) electrons. The van der Waals surface area contributed by atoms with Crippen LogP contribution in [0.5, 0.6) is 0 Å². The van der Waals surface area contributed by atoms with Crippen molar-refractivity contribution < 1.29 is 19.8 Å². The van der Waals surface area contributed by atoms with E-state index in [-0.39, 0.29) is 0 Å². The van der Waals surface area contributed by atoms with Crippen LogP contribution >= 0.6 is 0 Å². The van der Waals surface area contributed by atoms with E-state index in [0.29, 0.717) is 12.8 Å². The largest absolute Gasteiger partial charge is 0.480 e. The minimum Gasteiger partial charge on any atom is -0.480 e. The molecule has 1 aromatic heterocycles. The van der Waals surface area contributed by atoms with Crippen molar-refractivity contribution in [3.8, 4) is 0 Å². The van der Waals surface area contributed by atoms with Gasteiger partial charge in [-0.25, -0.2) is 0 Å². The van der Waals surface area contributed by atoms with Gasteiger partial charge in [-0.2, -0.15) is 0 Å². The number of nitrogens with one attached hydrogen (secondary N) is 1. The van der Waals surface area contributed by atoms with Gasteiger partial charge in [0.2, 0.25) is 0 Å². The summed E-state index contributed by atoms with van der Waals surface area (Å²) < 4.78 is 0. The molecule has 2 rings (SSSR count). The maximum Gasteiger partial charge on any atom is 0.320 e. The molecule has 0 saturated heterocycles. The third-order valence-corrected chi connectivity index (χ3v) is 3.60. The van der Waals surface area contributed by atoms with E-state index >= 15 is 0 Å². The highest BCUT2D eigenvalue weighted by atomic mass is 16.4. The second-order valence-electron chi connectivity index (χ2n) is 5.75. The van der Waals surface area contributed by atoms with Crippen molar-refractivity contribution in [2.75, 3.05) is 0 Å². The lowest BCUT2D eigenvalue weighted by Gasteiger charge is -2.05. The van der Waals surface area contributed by atoms with Crippen LogP contribution in [-0.4, -0.2) is 39.2 Å². The Kier molecular flexibility index (Phi) is 7.41. The summed E-state index contributed by atoms with van der Waals surface area (Å²) in [5.74, 6) is -1.88. The van der Waals surface area contributed by atoms with Crippen molar-refractivity contribution in [1.82, 2.24) is 4.98 Å². The molecule has 7 N–H and O–H groups in total. The predicted octanol–water partition coefficient (Wildman–Crippen LogP) is 1.63. The Hall–Kier alpha value is -2.38. The summed E-state index contributed by atoms with van der Waals surface area (Å²) >= 11 is 0. The Balaban J connectivity index is 0.000000307. The molecule has 132 valence electrons. The van der Waals surface area contributed by atoms with E-state index in [0.717, 1.165) is 28.5 Å². The van der Waals surface area contributed by atoms with E-state index in [1.165, 1.54) is 0 Å². The SMILES string of the molecule is CCC[C@H](N)C(=O)O.Cc1ccc2[nH]cc(C[C@H](N)C(=O)O)c2c1. The number of benzene rings is 1. The summed E-state index contributed by atoms with van der Waals surface area (Å²) in [5, 5.41) is 18.0. The molecule has 2 aromatic rings. The van der Waals surface area contributed by atoms with Gasteiger partial charge in [-0.1, -0.05) is 25.0 Å². The number of nitrogens with two attached hydrogens (primary N) is 2. The monoisotopic (exact) mass is 335 g/mol. The Bertz CT molecular complexity index is 696. The first-order chi connectivity index (χ1) is 11.3. The fraction of sp³-hybridized carbons (Fsp3) is 0.412. The molecule has 0 aliphatic carbocycles. The van der Waals surface area contributed by atoms with Crippen LogP contribution in [0.4, 0.5) is 0 Å². The minimum atomic E-state index is -0.970. The molecule has 0 fully saturated rings. The number of carboxylic acid groups (broad SMARTS) is 2. The van der Waals surface area contributed by atoms with Gasteiger partial charge in [0, 0.05) is 23.5 Å². The molecule has 7 nitrogen and oxygen atoms in total. The smallest absolute Gasteiger partial charge is 0.320 e. The Morgan fingerprint density at radius 2 is 1.79 bits per heavy atom. The standard InChI is InChI=1S/C12H14N2O2.C5H11NO2/c1-7-2-3-11-9(4-7)8(6-14-11)5-10(13)12(15)16;1-2-3-4(6)5(7)8/h2-4,6,10,14H,5,13H2,1H3,(H,15,16);4H,2-3,6H2,1H3,(H,7,8)/t10-;4-/m00/s1. The minimum absolute atomic E-state index is 0.346. The Morgan fingerprint density at radius 3 is 2.29 bits per heavy atom. The quantitative estimate of drug-likeness (QED) is 0.543. The number of carboxylic acids is 2. The molecule has 0 aliphatic heterocycles. The highest BCUT2D eigenvalue weighted by molar-refractivity contribution is 5.85. The van der Waals surface area contributed by atoms with E-state index in [2.05, 4.69) is 4.98 Å². The summed E-state index contributed by atoms with van der Waals surface area (Å²) in [6.45, 7) is 3.91. The topological polar surface area (TPSA) is 142 Å². The van der Waals surface area contributed by atoms with Crippen molar-refractivity contribution in [3.05, 3.63) is 35.5 Å². The molecule has 0 spiro atoms. The Morgan fingerprint density at radius 1 is 1.17 bits per heavy atom. The maximum absolute atomic E-state index is 10.7. The first-order valence-electron chi connectivity index (χ1n) is 7.79. The number of hydrogen-bond acceptors (Lipinski definition) is 4. The average molecular weight is 335 g/mol. The number of aryl methyl sites for hydroxylation is 1. The van der Waals surface area contributed by atoms with Gasteiger partial charge in [0.05, 0.1) is 0 Å². The highest BCUT2D eigenvalue weighted by Crippen LogP contribution is 2.20. The summed E-state index contributed by atoms with van der Waals surface area (Å²) in [6.07, 6.45) is 3.56. The van der Waals surface area contributed by atoms with Gasteiger partial charge in [0.25, 0.3) is 0 Å². The molecule has 24 heavy (non-hydrogen) atoms. The lowest BCUT2D eigenvalue weighted by atomic mass is 10.0. The number of H-pyrrole nitrogens is 1. The zero-order valence-corrected chi connectivity index (χ0v) is 14.0. The van der Waals surface area contributed by atoms with Crippen molar-refractivity contribution in [3.63, 3.8) is 0 Å². The number of aliphatic carboxylic acids is 2. The zero-order chi connectivity index (χ0) is 18.3. The van der Waals surface area contributed by atoms with Crippen LogP contribution in [0.1, 0.15) is 30.9 Å². The molecular weight excluding hydrogens is 310 g/mol. The molecule has 0 bridgehead atoms. The third-order valence-electron chi connectivity index (χ3n) is 3.60. The molecule has 2 atom stereocenters. The summed E-state index contributed by atoms with van der Waals surface area (Å²) in [5.41, 5.74) is 13.8. The normalized spacial score (nSPS) is 13.0. The van der Waals surface area contributed by atoms with E-state index in [1.807, 2.05) is 38.2 Å². The van der Waals surface area contributed by atoms with Crippen LogP contribution in [0.25, 0.3) is 10.9 Å². The fourth-order valence-corrected chi connectivity index (χ4v) is 2.22. The van der Waals surface area contributed by atoms with Crippen molar-refractivity contribution in [2.24, 2.45) is 11.5 Å². The van der Waals surface area contributed by atoms with E-state index in [4.69, 9.17) is 21.7 Å². The fourth-order valence-electron chi connectivity index (χ4n) is 2.22. The molecule has 7 heteroatoms. The third kappa shape index (κ3) is 5.68. The molecule has 0 aliphatic rings. The van der Waals surface area contributed by atoms with Gasteiger partial charge < -0.3 is 26.7 Å². The van der Waals surface area contributed by atoms with Gasteiger partial charge in [-0.15, -0.1) is 0 Å². The molecule has 0 unspecified atom stereocenters. The average Bonchev–Trinajstić information content (AvgIpc) is 2.90. The van der Waals surface area contributed by atoms with Crippen LogP contribution in [-0.2, 0) is 16.0 Å². The summed E-state index contributed by atoms with van der Waals surface area (Å²) in [7, 11) is 0. The highest BCUT2D eigenvalue weighted by Gasteiger charge is 2.14. The van der Waals surface area contributed by atoms with Crippen molar-refractivity contribution in [1.29, 1.82) is 0 Å². The van der Waals surface area contributed by atoms with Gasteiger partial charge in [-0.05, 0) is 31.0 Å². The second kappa shape index (κ2) is 9.05. The van der Waals surface area contributed by atoms with Gasteiger partial charge in [0.1, 0.15) is 12.1 Å².